The number of amides is 1. The van der Waals surface area contributed by atoms with Crippen molar-refractivity contribution >= 4 is 11.7 Å². The van der Waals surface area contributed by atoms with Crippen LogP contribution in [0.1, 0.15) is 30.3 Å². The van der Waals surface area contributed by atoms with Crippen molar-refractivity contribution in [3.8, 4) is 0 Å². The zero-order chi connectivity index (χ0) is 14.5. The van der Waals surface area contributed by atoms with Crippen molar-refractivity contribution in [3.05, 3.63) is 23.9 Å². The van der Waals surface area contributed by atoms with Gasteiger partial charge >= 0.3 is 0 Å². The van der Waals surface area contributed by atoms with E-state index in [0.29, 0.717) is 30.6 Å². The lowest BCUT2D eigenvalue weighted by molar-refractivity contribution is 0.0589. The fourth-order valence-electron chi connectivity index (χ4n) is 2.29. The minimum Gasteiger partial charge on any atom is -0.383 e. The Kier molecular flexibility index (Phi) is 4.92. The number of carbonyl (C=O) groups excluding carboxylic acids is 1. The maximum Gasteiger partial charge on any atom is 0.272 e. The van der Waals surface area contributed by atoms with Crippen LogP contribution in [0.2, 0.25) is 0 Å². The number of rotatable bonds is 7. The summed E-state index contributed by atoms with van der Waals surface area (Å²) < 4.78 is 5.11. The van der Waals surface area contributed by atoms with Gasteiger partial charge in [0.25, 0.3) is 5.91 Å². The molecule has 6 heteroatoms. The average molecular weight is 278 g/mol. The number of anilines is 1. The highest BCUT2D eigenvalue weighted by Crippen LogP contribution is 2.35. The Labute approximate surface area is 119 Å². The van der Waals surface area contributed by atoms with Crippen LogP contribution in [0.15, 0.2) is 18.2 Å². The molecule has 0 saturated heterocycles. The van der Waals surface area contributed by atoms with E-state index in [9.17, 15) is 4.79 Å². The third-order valence-corrected chi connectivity index (χ3v) is 3.71. The summed E-state index contributed by atoms with van der Waals surface area (Å²) in [5.41, 5.74) is 2.87. The van der Waals surface area contributed by atoms with Crippen molar-refractivity contribution in [2.75, 3.05) is 25.7 Å². The van der Waals surface area contributed by atoms with Gasteiger partial charge in [-0.1, -0.05) is 6.07 Å². The first-order chi connectivity index (χ1) is 9.67. The highest BCUT2D eigenvalue weighted by molar-refractivity contribution is 5.93. The van der Waals surface area contributed by atoms with Gasteiger partial charge in [-0.2, -0.15) is 0 Å². The van der Waals surface area contributed by atoms with Gasteiger partial charge in [-0.15, -0.1) is 0 Å². The van der Waals surface area contributed by atoms with Gasteiger partial charge in [0.1, 0.15) is 11.5 Å². The summed E-state index contributed by atoms with van der Waals surface area (Å²) in [6.45, 7) is 3.20. The number of methoxy groups -OCH3 is 1. The summed E-state index contributed by atoms with van der Waals surface area (Å²) in [4.78, 5) is 18.7. The number of nitrogens with one attached hydrogen (secondary N) is 1. The first kappa shape index (κ1) is 14.7. The number of carbonyl (C=O) groups is 1. The Bertz CT molecular complexity index is 462. The number of nitrogens with zero attached hydrogens (tertiary/aromatic N) is 2. The number of nitrogens with two attached hydrogens (primary N) is 1. The van der Waals surface area contributed by atoms with E-state index in [1.807, 2.05) is 4.90 Å². The molecule has 1 aliphatic carbocycles. The Morgan fingerprint density at radius 1 is 1.60 bits per heavy atom. The standard InChI is InChI=1S/C14H22N4O2/c1-10(11-6-7-11)18(8-9-20-2)14(19)12-4-3-5-13(16-12)17-15/h3-5,10-11H,6-9,15H2,1-2H3,(H,16,17). The molecule has 1 unspecified atom stereocenters. The first-order valence-electron chi connectivity index (χ1n) is 6.91. The van der Waals surface area contributed by atoms with Gasteiger partial charge in [0.2, 0.25) is 0 Å². The van der Waals surface area contributed by atoms with Gasteiger partial charge in [-0.05, 0) is 37.8 Å². The highest BCUT2D eigenvalue weighted by atomic mass is 16.5. The van der Waals surface area contributed by atoms with E-state index < -0.39 is 0 Å². The van der Waals surface area contributed by atoms with E-state index >= 15 is 0 Å². The monoisotopic (exact) mass is 278 g/mol. The molecule has 20 heavy (non-hydrogen) atoms. The zero-order valence-corrected chi connectivity index (χ0v) is 12.0. The average Bonchev–Trinajstić information content (AvgIpc) is 3.32. The van der Waals surface area contributed by atoms with Crippen LogP contribution >= 0.6 is 0 Å². The van der Waals surface area contributed by atoms with Crippen LogP contribution in [0.4, 0.5) is 5.82 Å². The van der Waals surface area contributed by atoms with E-state index in [-0.39, 0.29) is 11.9 Å². The summed E-state index contributed by atoms with van der Waals surface area (Å²) in [7, 11) is 1.64. The van der Waals surface area contributed by atoms with Crippen LogP contribution in [0.25, 0.3) is 0 Å². The second kappa shape index (κ2) is 6.67. The predicted molar refractivity (Wildman–Crippen MR) is 77.1 cm³/mol. The Morgan fingerprint density at radius 2 is 2.35 bits per heavy atom. The van der Waals surface area contributed by atoms with E-state index in [2.05, 4.69) is 17.3 Å². The van der Waals surface area contributed by atoms with Gasteiger partial charge in [0, 0.05) is 19.7 Å². The van der Waals surface area contributed by atoms with Crippen molar-refractivity contribution in [2.24, 2.45) is 11.8 Å². The fourth-order valence-corrected chi connectivity index (χ4v) is 2.29. The minimum absolute atomic E-state index is 0.0708. The number of hydrogen-bond donors (Lipinski definition) is 2. The van der Waals surface area contributed by atoms with Crippen molar-refractivity contribution in [2.45, 2.75) is 25.8 Å². The van der Waals surface area contributed by atoms with Gasteiger partial charge < -0.3 is 15.1 Å². The SMILES string of the molecule is COCCN(C(=O)c1cccc(NN)n1)C(C)C1CC1. The summed E-state index contributed by atoms with van der Waals surface area (Å²) in [6.07, 6.45) is 2.38. The molecule has 110 valence electrons. The smallest absolute Gasteiger partial charge is 0.272 e. The molecule has 1 aromatic heterocycles. The molecule has 0 bridgehead atoms. The molecule has 1 atom stereocenters. The van der Waals surface area contributed by atoms with Crippen molar-refractivity contribution < 1.29 is 9.53 Å². The molecule has 1 aliphatic rings. The molecule has 3 N–H and O–H groups in total. The second-order valence-electron chi connectivity index (χ2n) is 5.12. The normalized spacial score (nSPS) is 15.8. The molecular weight excluding hydrogens is 256 g/mol. The molecule has 0 spiro atoms. The molecule has 6 nitrogen and oxygen atoms in total. The van der Waals surface area contributed by atoms with Crippen molar-refractivity contribution in [3.63, 3.8) is 0 Å². The summed E-state index contributed by atoms with van der Waals surface area (Å²) >= 11 is 0. The number of ether oxygens (including phenoxy) is 1. The third kappa shape index (κ3) is 3.46. The van der Waals surface area contributed by atoms with E-state index in [1.54, 1.807) is 25.3 Å². The maximum atomic E-state index is 12.6. The van der Waals surface area contributed by atoms with E-state index in [4.69, 9.17) is 10.6 Å². The van der Waals surface area contributed by atoms with Crippen molar-refractivity contribution in [1.82, 2.24) is 9.88 Å². The molecule has 0 aromatic carbocycles. The lowest BCUT2D eigenvalue weighted by atomic mass is 10.1. The number of nitrogen functional groups attached to an aromatic ring is 1. The summed E-state index contributed by atoms with van der Waals surface area (Å²) in [5, 5.41) is 0. The molecule has 1 aromatic rings. The Balaban J connectivity index is 2.15. The number of aromatic nitrogens is 1. The molecule has 1 amide bonds. The topological polar surface area (TPSA) is 80.5 Å². The predicted octanol–water partition coefficient (Wildman–Crippen LogP) is 1.25. The van der Waals surface area contributed by atoms with Gasteiger partial charge in [-0.3, -0.25) is 4.79 Å². The highest BCUT2D eigenvalue weighted by Gasteiger charge is 2.34. The zero-order valence-electron chi connectivity index (χ0n) is 12.0. The molecular formula is C14H22N4O2. The van der Waals surface area contributed by atoms with Gasteiger partial charge in [0.05, 0.1) is 6.61 Å². The summed E-state index contributed by atoms with van der Waals surface area (Å²) in [5.74, 6) is 6.36. The first-order valence-corrected chi connectivity index (χ1v) is 6.91. The van der Waals surface area contributed by atoms with E-state index in [1.165, 1.54) is 12.8 Å². The number of pyridine rings is 1. The Morgan fingerprint density at radius 3 is 2.95 bits per heavy atom. The lowest BCUT2D eigenvalue weighted by Crippen LogP contribution is -2.42. The Hall–Kier alpha value is -1.66. The molecule has 1 heterocycles. The molecule has 0 aliphatic heterocycles. The lowest BCUT2D eigenvalue weighted by Gasteiger charge is -2.29. The van der Waals surface area contributed by atoms with Crippen LogP contribution in [-0.4, -0.2) is 42.1 Å². The van der Waals surface area contributed by atoms with Gasteiger partial charge in [0.15, 0.2) is 0 Å². The summed E-state index contributed by atoms with van der Waals surface area (Å²) in [6, 6.07) is 5.42. The van der Waals surface area contributed by atoms with Crippen LogP contribution in [-0.2, 0) is 4.74 Å². The quantitative estimate of drug-likeness (QED) is 0.579. The largest absolute Gasteiger partial charge is 0.383 e. The van der Waals surface area contributed by atoms with Gasteiger partial charge in [-0.25, -0.2) is 10.8 Å². The van der Waals surface area contributed by atoms with E-state index in [0.717, 1.165) is 0 Å². The molecule has 0 radical (unpaired) electrons. The minimum atomic E-state index is -0.0708. The van der Waals surface area contributed by atoms with Crippen LogP contribution in [0, 0.1) is 5.92 Å². The van der Waals surface area contributed by atoms with Crippen LogP contribution in [0.3, 0.4) is 0 Å². The van der Waals surface area contributed by atoms with Crippen LogP contribution in [0.5, 0.6) is 0 Å². The number of hydrogen-bond acceptors (Lipinski definition) is 5. The molecule has 1 saturated carbocycles. The second-order valence-corrected chi connectivity index (χ2v) is 5.12. The third-order valence-electron chi connectivity index (χ3n) is 3.71. The molecule has 1 fully saturated rings. The van der Waals surface area contributed by atoms with Crippen LogP contribution < -0.4 is 11.3 Å². The fraction of sp³-hybridized carbons (Fsp3) is 0.571. The van der Waals surface area contributed by atoms with Crippen molar-refractivity contribution in [1.29, 1.82) is 0 Å². The molecule has 2 rings (SSSR count). The number of hydrazine groups is 1. The maximum absolute atomic E-state index is 12.6.